The maximum atomic E-state index is 12.8. The summed E-state index contributed by atoms with van der Waals surface area (Å²) >= 11 is 1.69. The van der Waals surface area contributed by atoms with Crippen molar-refractivity contribution >= 4 is 28.6 Å². The SMILES string of the molecule is Cc1nn(C(C)(C)C)c2c1C(c1ccsc1)C1C(=O)CCCC1=N2. The molecule has 4 rings (SSSR count). The summed E-state index contributed by atoms with van der Waals surface area (Å²) in [6, 6.07) is 2.15. The van der Waals surface area contributed by atoms with E-state index in [1.165, 1.54) is 5.56 Å². The average Bonchev–Trinajstić information content (AvgIpc) is 3.13. The van der Waals surface area contributed by atoms with Gasteiger partial charge in [-0.15, -0.1) is 0 Å². The van der Waals surface area contributed by atoms with Crippen molar-refractivity contribution < 1.29 is 4.79 Å². The highest BCUT2D eigenvalue weighted by Gasteiger charge is 2.43. The second kappa shape index (κ2) is 5.38. The van der Waals surface area contributed by atoms with E-state index in [9.17, 15) is 4.79 Å². The van der Waals surface area contributed by atoms with Crippen LogP contribution < -0.4 is 0 Å². The molecule has 1 aliphatic heterocycles. The summed E-state index contributed by atoms with van der Waals surface area (Å²) in [5, 5.41) is 9.08. The minimum atomic E-state index is -0.132. The lowest BCUT2D eigenvalue weighted by Gasteiger charge is -2.34. The Hall–Kier alpha value is -1.75. The fourth-order valence-electron chi connectivity index (χ4n) is 4.02. The van der Waals surface area contributed by atoms with Crippen molar-refractivity contribution in [3.05, 3.63) is 33.6 Å². The van der Waals surface area contributed by atoms with E-state index >= 15 is 0 Å². The topological polar surface area (TPSA) is 47.2 Å². The Morgan fingerprint density at radius 3 is 2.71 bits per heavy atom. The molecule has 2 unspecified atom stereocenters. The Bertz CT molecular complexity index is 824. The van der Waals surface area contributed by atoms with Crippen LogP contribution in [0.3, 0.4) is 0 Å². The van der Waals surface area contributed by atoms with Crippen LogP contribution in [0, 0.1) is 12.8 Å². The largest absolute Gasteiger partial charge is 0.299 e. The number of rotatable bonds is 1. The zero-order valence-electron chi connectivity index (χ0n) is 14.7. The number of ketones is 1. The van der Waals surface area contributed by atoms with Crippen molar-refractivity contribution in [3.8, 4) is 0 Å². The summed E-state index contributed by atoms with van der Waals surface area (Å²) in [6.45, 7) is 8.50. The summed E-state index contributed by atoms with van der Waals surface area (Å²) in [4.78, 5) is 17.7. The molecule has 5 heteroatoms. The van der Waals surface area contributed by atoms with Crippen LogP contribution in [0.2, 0.25) is 0 Å². The zero-order chi connectivity index (χ0) is 17.1. The van der Waals surface area contributed by atoms with Gasteiger partial charge >= 0.3 is 0 Å². The highest BCUT2D eigenvalue weighted by Crippen LogP contribution is 2.48. The molecule has 2 atom stereocenters. The van der Waals surface area contributed by atoms with Gasteiger partial charge in [-0.05, 0) is 62.9 Å². The molecule has 0 aromatic carbocycles. The normalized spacial score (nSPS) is 23.7. The summed E-state index contributed by atoms with van der Waals surface area (Å²) < 4.78 is 2.04. The summed E-state index contributed by atoms with van der Waals surface area (Å²) in [5.41, 5.74) is 4.29. The molecule has 4 nitrogen and oxygen atoms in total. The van der Waals surface area contributed by atoms with E-state index in [2.05, 4.69) is 37.6 Å². The first kappa shape index (κ1) is 15.8. The third-order valence-electron chi connectivity index (χ3n) is 5.07. The second-order valence-corrected chi connectivity index (χ2v) is 8.62. The van der Waals surface area contributed by atoms with E-state index in [-0.39, 0.29) is 17.4 Å². The minimum absolute atomic E-state index is 0.0719. The smallest absolute Gasteiger partial charge is 0.154 e. The maximum absolute atomic E-state index is 12.8. The monoisotopic (exact) mass is 341 g/mol. The highest BCUT2D eigenvalue weighted by atomic mass is 32.1. The lowest BCUT2D eigenvalue weighted by atomic mass is 9.70. The molecule has 0 spiro atoms. The number of carbonyl (C=O) groups is 1. The van der Waals surface area contributed by atoms with Gasteiger partial charge in [0.05, 0.1) is 17.2 Å². The predicted octanol–water partition coefficient (Wildman–Crippen LogP) is 4.60. The molecular formula is C19H23N3OS. The number of aryl methyl sites for hydroxylation is 1. The number of Topliss-reactive ketones (excluding diaryl/α,β-unsaturated/α-hetero) is 1. The molecule has 3 heterocycles. The van der Waals surface area contributed by atoms with Crippen molar-refractivity contribution in [2.75, 3.05) is 0 Å². The predicted molar refractivity (Wildman–Crippen MR) is 97.6 cm³/mol. The number of thiophene rings is 1. The van der Waals surface area contributed by atoms with Gasteiger partial charge in [-0.1, -0.05) is 0 Å². The van der Waals surface area contributed by atoms with Gasteiger partial charge in [0.1, 0.15) is 5.78 Å². The number of hydrogen-bond donors (Lipinski definition) is 0. The average molecular weight is 341 g/mol. The first-order valence-corrected chi connectivity index (χ1v) is 9.54. The summed E-state index contributed by atoms with van der Waals surface area (Å²) in [5.74, 6) is 1.27. The van der Waals surface area contributed by atoms with Crippen molar-refractivity contribution in [3.63, 3.8) is 0 Å². The molecule has 126 valence electrons. The molecule has 1 saturated carbocycles. The van der Waals surface area contributed by atoms with Gasteiger partial charge in [-0.3, -0.25) is 4.79 Å². The van der Waals surface area contributed by atoms with Crippen LogP contribution in [0.4, 0.5) is 5.82 Å². The Morgan fingerprint density at radius 1 is 1.25 bits per heavy atom. The molecule has 24 heavy (non-hydrogen) atoms. The molecule has 2 aliphatic rings. The van der Waals surface area contributed by atoms with Crippen LogP contribution in [0.25, 0.3) is 0 Å². The lowest BCUT2D eigenvalue weighted by Crippen LogP contribution is -2.36. The number of carbonyl (C=O) groups excluding carboxylic acids is 1. The van der Waals surface area contributed by atoms with E-state index in [1.807, 2.05) is 11.6 Å². The number of hydrogen-bond acceptors (Lipinski definition) is 4. The summed E-state index contributed by atoms with van der Waals surface area (Å²) in [7, 11) is 0. The molecule has 0 saturated heterocycles. The van der Waals surface area contributed by atoms with Gasteiger partial charge in [0.25, 0.3) is 0 Å². The van der Waals surface area contributed by atoms with Crippen LogP contribution in [0.15, 0.2) is 21.8 Å². The fraction of sp³-hybridized carbons (Fsp3) is 0.526. The van der Waals surface area contributed by atoms with Crippen molar-refractivity contribution in [2.45, 2.75) is 58.4 Å². The molecular weight excluding hydrogens is 318 g/mol. The van der Waals surface area contributed by atoms with Crippen molar-refractivity contribution in [1.29, 1.82) is 0 Å². The Kier molecular flexibility index (Phi) is 3.53. The third-order valence-corrected chi connectivity index (χ3v) is 5.78. The molecule has 0 bridgehead atoms. The van der Waals surface area contributed by atoms with Crippen molar-refractivity contribution in [2.24, 2.45) is 10.9 Å². The van der Waals surface area contributed by atoms with E-state index in [0.29, 0.717) is 12.2 Å². The number of aromatic nitrogens is 2. The lowest BCUT2D eigenvalue weighted by molar-refractivity contribution is -0.121. The second-order valence-electron chi connectivity index (χ2n) is 7.84. The van der Waals surface area contributed by atoms with Gasteiger partial charge in [-0.2, -0.15) is 16.4 Å². The van der Waals surface area contributed by atoms with Gasteiger partial charge in [0, 0.05) is 23.6 Å². The summed E-state index contributed by atoms with van der Waals surface area (Å²) in [6.07, 6.45) is 2.51. The highest BCUT2D eigenvalue weighted by molar-refractivity contribution is 7.08. The van der Waals surface area contributed by atoms with Crippen LogP contribution in [-0.2, 0) is 10.3 Å². The number of aliphatic imine (C=N–C) groups is 1. The quantitative estimate of drug-likeness (QED) is 0.761. The molecule has 2 aromatic heterocycles. The van der Waals surface area contributed by atoms with E-state index in [1.54, 1.807) is 11.3 Å². The van der Waals surface area contributed by atoms with E-state index in [4.69, 9.17) is 10.1 Å². The van der Waals surface area contributed by atoms with Gasteiger partial charge in [0.2, 0.25) is 0 Å². The Morgan fingerprint density at radius 2 is 2.04 bits per heavy atom. The van der Waals surface area contributed by atoms with Crippen LogP contribution >= 0.6 is 11.3 Å². The molecule has 1 aliphatic carbocycles. The molecule has 0 radical (unpaired) electrons. The van der Waals surface area contributed by atoms with Crippen molar-refractivity contribution in [1.82, 2.24) is 9.78 Å². The Balaban J connectivity index is 1.99. The maximum Gasteiger partial charge on any atom is 0.154 e. The number of nitrogens with zero attached hydrogens (tertiary/aromatic N) is 3. The first-order chi connectivity index (χ1) is 11.4. The van der Waals surface area contributed by atoms with E-state index < -0.39 is 0 Å². The zero-order valence-corrected chi connectivity index (χ0v) is 15.5. The third kappa shape index (κ3) is 2.29. The molecule has 0 N–H and O–H groups in total. The molecule has 0 amide bonds. The van der Waals surface area contributed by atoms with Gasteiger partial charge in [-0.25, -0.2) is 9.67 Å². The first-order valence-electron chi connectivity index (χ1n) is 8.60. The van der Waals surface area contributed by atoms with Crippen LogP contribution in [0.1, 0.15) is 62.8 Å². The number of fused-ring (bicyclic) bond motifs is 2. The molecule has 2 aromatic rings. The van der Waals surface area contributed by atoms with E-state index in [0.717, 1.165) is 35.6 Å². The Labute approximate surface area is 146 Å². The fourth-order valence-corrected chi connectivity index (χ4v) is 4.72. The molecule has 1 fully saturated rings. The van der Waals surface area contributed by atoms with Gasteiger partial charge in [0.15, 0.2) is 5.82 Å². The minimum Gasteiger partial charge on any atom is -0.299 e. The van der Waals surface area contributed by atoms with Crippen LogP contribution in [-0.4, -0.2) is 21.3 Å². The standard InChI is InChI=1S/C19H23N3OS/c1-11-15-16(12-8-9-24-10-12)17-13(6-5-7-14(17)23)20-18(15)22(21-11)19(2,3)4/h8-10,16-17H,5-7H2,1-4H3. The van der Waals surface area contributed by atoms with Crippen LogP contribution in [0.5, 0.6) is 0 Å². The van der Waals surface area contributed by atoms with Gasteiger partial charge < -0.3 is 0 Å².